The van der Waals surface area contributed by atoms with Gasteiger partial charge in [0, 0.05) is 5.92 Å². The molecule has 0 saturated heterocycles. The fourth-order valence-corrected chi connectivity index (χ4v) is 2.59. The van der Waals surface area contributed by atoms with Crippen molar-refractivity contribution in [2.75, 3.05) is 0 Å². The van der Waals surface area contributed by atoms with Crippen molar-refractivity contribution in [3.8, 4) is 0 Å². The summed E-state index contributed by atoms with van der Waals surface area (Å²) in [5, 5.41) is 19.3. The number of carbonyl (C=O) groups excluding carboxylic acids is 1. The zero-order chi connectivity index (χ0) is 15.0. The molecule has 0 amide bonds. The number of allylic oxidation sites excluding steroid dienone is 3. The van der Waals surface area contributed by atoms with Crippen LogP contribution in [-0.4, -0.2) is 36.1 Å². The molecule has 2 N–H and O–H groups in total. The summed E-state index contributed by atoms with van der Waals surface area (Å²) in [6, 6.07) is 0. The smallest absolute Gasteiger partial charge is 0.165 e. The largest absolute Gasteiger partial charge is 0.389 e. The third-order valence-electron chi connectivity index (χ3n) is 3.99. The third kappa shape index (κ3) is 5.26. The van der Waals surface area contributed by atoms with Crippen LogP contribution in [0.25, 0.3) is 0 Å². The van der Waals surface area contributed by atoms with E-state index >= 15 is 0 Å². The van der Waals surface area contributed by atoms with Crippen molar-refractivity contribution in [3.63, 3.8) is 0 Å². The van der Waals surface area contributed by atoms with Crippen LogP contribution >= 0.6 is 0 Å². The molecule has 1 saturated carbocycles. The number of hydrogen-bond donors (Lipinski definition) is 2. The van der Waals surface area contributed by atoms with Gasteiger partial charge in [-0.2, -0.15) is 0 Å². The van der Waals surface area contributed by atoms with Crippen molar-refractivity contribution in [3.05, 3.63) is 24.3 Å². The number of carbonyl (C=O) groups is 1. The maximum atomic E-state index is 12.0. The van der Waals surface area contributed by atoms with Gasteiger partial charge in [-0.05, 0) is 31.6 Å². The molecule has 1 fully saturated rings. The molecule has 1 aliphatic rings. The van der Waals surface area contributed by atoms with Crippen LogP contribution in [0.3, 0.4) is 0 Å². The van der Waals surface area contributed by atoms with Gasteiger partial charge >= 0.3 is 0 Å². The lowest BCUT2D eigenvalue weighted by Gasteiger charge is -2.12. The fraction of sp³-hybridized carbons (Fsp3) is 0.688. The van der Waals surface area contributed by atoms with Crippen molar-refractivity contribution in [2.45, 2.75) is 57.6 Å². The minimum absolute atomic E-state index is 0.0502. The maximum absolute atomic E-state index is 12.0. The highest BCUT2D eigenvalue weighted by molar-refractivity contribution is 6.08. The molecule has 20 heavy (non-hydrogen) atoms. The molecule has 0 aromatic heterocycles. The van der Waals surface area contributed by atoms with E-state index in [0.29, 0.717) is 19.3 Å². The summed E-state index contributed by atoms with van der Waals surface area (Å²) < 4.78 is 0. The highest BCUT2D eigenvalue weighted by Gasteiger charge is 2.38. The first-order valence-corrected chi connectivity index (χ1v) is 7.83. The zero-order valence-electron chi connectivity index (χ0n) is 12.7. The van der Waals surface area contributed by atoms with Crippen LogP contribution in [0.4, 0.5) is 0 Å². The second-order valence-corrected chi connectivity index (χ2v) is 5.63. The molecule has 0 aromatic rings. The predicted molar refractivity (Wildman–Crippen MR) is 84.4 cm³/mol. The average Bonchev–Trinajstić information content (AvgIpc) is 2.72. The minimum Gasteiger partial charge on any atom is -0.389 e. The highest BCUT2D eigenvalue weighted by Crippen LogP contribution is 2.33. The van der Waals surface area contributed by atoms with Crippen LogP contribution in [0.1, 0.15) is 39.0 Å². The summed E-state index contributed by atoms with van der Waals surface area (Å²) in [6.45, 7) is 1.91. The first kappa shape index (κ1) is 17.2. The molecule has 1 rings (SSSR count). The Morgan fingerprint density at radius 1 is 1.45 bits per heavy atom. The van der Waals surface area contributed by atoms with Gasteiger partial charge in [0.05, 0.1) is 6.10 Å². The van der Waals surface area contributed by atoms with E-state index in [1.54, 1.807) is 6.08 Å². The Kier molecular flexibility index (Phi) is 7.86. The summed E-state index contributed by atoms with van der Waals surface area (Å²) in [5.41, 5.74) is 0. The summed E-state index contributed by atoms with van der Waals surface area (Å²) in [4.78, 5) is 12.0. The molecule has 4 atom stereocenters. The average molecular weight is 278 g/mol. The van der Waals surface area contributed by atoms with E-state index < -0.39 is 12.2 Å². The Morgan fingerprint density at radius 3 is 2.85 bits per heavy atom. The molecule has 0 bridgehead atoms. The third-order valence-corrected chi connectivity index (χ3v) is 3.99. The van der Waals surface area contributed by atoms with Crippen molar-refractivity contribution >= 4 is 13.6 Å². The second-order valence-electron chi connectivity index (χ2n) is 5.63. The molecular formula is C16H27BO3. The van der Waals surface area contributed by atoms with Gasteiger partial charge in [-0.25, -0.2) is 0 Å². The number of aliphatic hydroxyl groups excluding tert-OH is 2. The molecule has 0 radical (unpaired) electrons. The molecule has 1 aliphatic carbocycles. The van der Waals surface area contributed by atoms with Gasteiger partial charge in [0.1, 0.15) is 14.0 Å². The Bertz CT molecular complexity index is 352. The Morgan fingerprint density at radius 2 is 2.20 bits per heavy atom. The van der Waals surface area contributed by atoms with Crippen LogP contribution in [0.5, 0.6) is 0 Å². The fourth-order valence-electron chi connectivity index (χ4n) is 2.59. The zero-order valence-corrected chi connectivity index (χ0v) is 12.7. The number of ketones is 1. The van der Waals surface area contributed by atoms with Crippen molar-refractivity contribution in [1.29, 1.82) is 0 Å². The van der Waals surface area contributed by atoms with Crippen LogP contribution in [0.15, 0.2) is 24.3 Å². The van der Waals surface area contributed by atoms with Crippen molar-refractivity contribution in [1.82, 2.24) is 0 Å². The second kappa shape index (κ2) is 9.14. The highest BCUT2D eigenvalue weighted by atomic mass is 16.3. The van der Waals surface area contributed by atoms with E-state index in [9.17, 15) is 15.0 Å². The lowest BCUT2D eigenvalue weighted by Crippen LogP contribution is -2.19. The van der Waals surface area contributed by atoms with Gasteiger partial charge in [-0.1, -0.05) is 44.0 Å². The molecular weight excluding hydrogens is 251 g/mol. The van der Waals surface area contributed by atoms with Gasteiger partial charge in [-0.3, -0.25) is 4.79 Å². The van der Waals surface area contributed by atoms with Gasteiger partial charge in [-0.15, -0.1) is 0 Å². The normalized spacial score (nSPS) is 28.8. The van der Waals surface area contributed by atoms with Crippen molar-refractivity contribution in [2.24, 2.45) is 11.8 Å². The lowest BCUT2D eigenvalue weighted by molar-refractivity contribution is -0.127. The summed E-state index contributed by atoms with van der Waals surface area (Å²) >= 11 is 0. The van der Waals surface area contributed by atoms with E-state index in [2.05, 4.69) is 20.0 Å². The summed E-state index contributed by atoms with van der Waals surface area (Å²) in [6.07, 6.45) is 11.8. The number of rotatable bonds is 8. The maximum Gasteiger partial charge on any atom is 0.165 e. The van der Waals surface area contributed by atoms with Gasteiger partial charge in [0.25, 0.3) is 0 Å². The molecule has 2 unspecified atom stereocenters. The van der Waals surface area contributed by atoms with Crippen LogP contribution in [0.2, 0.25) is 6.32 Å². The summed E-state index contributed by atoms with van der Waals surface area (Å²) in [5.74, 6) is -0.136. The first-order valence-electron chi connectivity index (χ1n) is 7.83. The van der Waals surface area contributed by atoms with E-state index in [-0.39, 0.29) is 17.6 Å². The molecule has 4 heteroatoms. The predicted octanol–water partition coefficient (Wildman–Crippen LogP) is 1.66. The first-order chi connectivity index (χ1) is 9.60. The van der Waals surface area contributed by atoms with Crippen LogP contribution < -0.4 is 0 Å². The van der Waals surface area contributed by atoms with E-state index in [0.717, 1.165) is 6.42 Å². The molecule has 0 aliphatic heterocycles. The molecule has 0 aromatic carbocycles. The minimum atomic E-state index is -0.836. The molecule has 112 valence electrons. The van der Waals surface area contributed by atoms with Crippen molar-refractivity contribution < 1.29 is 15.0 Å². The van der Waals surface area contributed by atoms with Crippen LogP contribution in [0, 0.1) is 11.8 Å². The lowest BCUT2D eigenvalue weighted by atomic mass is 9.91. The molecule has 0 heterocycles. The number of aliphatic hydroxyl groups is 2. The number of unbranched alkanes of at least 4 members (excludes halogenated alkanes) is 1. The van der Waals surface area contributed by atoms with Crippen LogP contribution in [-0.2, 0) is 4.79 Å². The molecule has 0 spiro atoms. The Labute approximate surface area is 123 Å². The summed E-state index contributed by atoms with van der Waals surface area (Å²) in [7, 11) is 2.16. The molecule has 3 nitrogen and oxygen atoms in total. The van der Waals surface area contributed by atoms with Gasteiger partial charge < -0.3 is 10.2 Å². The number of Topliss-reactive ketones (excluding diaryl/α,β-unsaturated/α-hetero) is 1. The quantitative estimate of drug-likeness (QED) is 0.403. The topological polar surface area (TPSA) is 57.5 Å². The monoisotopic (exact) mass is 278 g/mol. The standard InChI is InChI=1S/C16H27BO3/c1-2-13(18)9-8-12-11-15(19)16(20)14(12)7-5-3-4-6-10-17/h3,5,8-9,12-15,18-19H,2,4,6-7,10-11,17H2,1H3/b5-3-,9-8+/t12-,13?,14+,15?/m0/s1. The Hall–Kier alpha value is -0.865. The van der Waals surface area contributed by atoms with Gasteiger partial charge in [0.15, 0.2) is 5.78 Å². The van der Waals surface area contributed by atoms with E-state index in [1.807, 2.05) is 13.0 Å². The SMILES string of the molecule is BCCC/C=C\C[C@H]1C(=O)C(O)C[C@@H]1/C=C/C(O)CC. The number of hydrogen-bond acceptors (Lipinski definition) is 3. The van der Waals surface area contributed by atoms with E-state index in [1.165, 1.54) is 12.7 Å². The Balaban J connectivity index is 2.56. The van der Waals surface area contributed by atoms with Gasteiger partial charge in [0.2, 0.25) is 0 Å². The van der Waals surface area contributed by atoms with E-state index in [4.69, 9.17) is 0 Å².